The normalized spacial score (nSPS) is 11.2. The molecule has 154 valence electrons. The van der Waals surface area contributed by atoms with Crippen LogP contribution in [0.5, 0.6) is 0 Å². The SMILES string of the molecule is CCN(CC)C(=S)SC/C(=N\N(c1ccccc1)c1ccccc1)c1ccccc1. The second-order valence-corrected chi connectivity index (χ2v) is 8.23. The summed E-state index contributed by atoms with van der Waals surface area (Å²) in [7, 11) is 0. The van der Waals surface area contributed by atoms with Crippen molar-refractivity contribution in [3.8, 4) is 0 Å². The minimum absolute atomic E-state index is 0.704. The zero-order valence-corrected chi connectivity index (χ0v) is 19.1. The lowest BCUT2D eigenvalue weighted by atomic mass is 10.1. The molecule has 0 radical (unpaired) electrons. The first-order valence-electron chi connectivity index (χ1n) is 10.2. The third-order valence-electron chi connectivity index (χ3n) is 4.68. The summed E-state index contributed by atoms with van der Waals surface area (Å²) in [5.41, 5.74) is 4.13. The number of hydrogen-bond donors (Lipinski definition) is 0. The number of thioether (sulfide) groups is 1. The highest BCUT2D eigenvalue weighted by Crippen LogP contribution is 2.26. The molecule has 30 heavy (non-hydrogen) atoms. The average Bonchev–Trinajstić information content (AvgIpc) is 2.82. The largest absolute Gasteiger partial charge is 0.358 e. The summed E-state index contributed by atoms with van der Waals surface area (Å²) >= 11 is 7.33. The first-order valence-corrected chi connectivity index (χ1v) is 11.6. The number of para-hydroxylation sites is 2. The molecule has 0 N–H and O–H groups in total. The van der Waals surface area contributed by atoms with Crippen LogP contribution in [-0.2, 0) is 0 Å². The van der Waals surface area contributed by atoms with E-state index in [0.717, 1.165) is 40.1 Å². The molecule has 0 unspecified atom stereocenters. The predicted molar refractivity (Wildman–Crippen MR) is 136 cm³/mol. The molecule has 3 aromatic rings. The molecule has 5 heteroatoms. The van der Waals surface area contributed by atoms with Crippen molar-refractivity contribution in [2.45, 2.75) is 13.8 Å². The van der Waals surface area contributed by atoms with E-state index >= 15 is 0 Å². The van der Waals surface area contributed by atoms with Gasteiger partial charge in [0.05, 0.1) is 17.1 Å². The van der Waals surface area contributed by atoms with Crippen LogP contribution in [0.25, 0.3) is 0 Å². The van der Waals surface area contributed by atoms with Crippen molar-refractivity contribution in [3.63, 3.8) is 0 Å². The molecule has 3 aromatic carbocycles. The Morgan fingerprint density at radius 3 is 1.70 bits per heavy atom. The number of rotatable bonds is 8. The molecule has 0 fully saturated rings. The van der Waals surface area contributed by atoms with Crippen LogP contribution in [0.4, 0.5) is 11.4 Å². The highest BCUT2D eigenvalue weighted by atomic mass is 32.2. The van der Waals surface area contributed by atoms with Gasteiger partial charge in [-0.1, -0.05) is 90.7 Å². The second kappa shape index (κ2) is 11.5. The lowest BCUT2D eigenvalue weighted by Crippen LogP contribution is -2.27. The Hall–Kier alpha value is -2.63. The van der Waals surface area contributed by atoms with Crippen molar-refractivity contribution in [1.82, 2.24) is 4.90 Å². The number of benzene rings is 3. The molecule has 0 heterocycles. The van der Waals surface area contributed by atoms with Crippen molar-refractivity contribution in [3.05, 3.63) is 96.6 Å². The Kier molecular flexibility index (Phi) is 8.48. The van der Waals surface area contributed by atoms with Gasteiger partial charge in [-0.05, 0) is 43.7 Å². The Labute approximate surface area is 189 Å². The summed E-state index contributed by atoms with van der Waals surface area (Å²) in [6.45, 7) is 6.10. The molecular weight excluding hydrogens is 406 g/mol. The van der Waals surface area contributed by atoms with E-state index in [0.29, 0.717) is 5.75 Å². The van der Waals surface area contributed by atoms with Crippen molar-refractivity contribution in [1.29, 1.82) is 0 Å². The Morgan fingerprint density at radius 2 is 1.23 bits per heavy atom. The van der Waals surface area contributed by atoms with Crippen LogP contribution in [0.3, 0.4) is 0 Å². The molecule has 0 saturated heterocycles. The third-order valence-corrected chi connectivity index (χ3v) is 6.22. The van der Waals surface area contributed by atoms with Crippen molar-refractivity contribution in [2.24, 2.45) is 5.10 Å². The minimum atomic E-state index is 0.704. The van der Waals surface area contributed by atoms with Crippen LogP contribution >= 0.6 is 24.0 Å². The number of hydrogen-bond acceptors (Lipinski definition) is 4. The number of nitrogens with zero attached hydrogens (tertiary/aromatic N) is 3. The molecule has 0 aliphatic carbocycles. The van der Waals surface area contributed by atoms with Crippen molar-refractivity contribution < 1.29 is 0 Å². The monoisotopic (exact) mass is 433 g/mol. The van der Waals surface area contributed by atoms with E-state index in [1.54, 1.807) is 11.8 Å². The van der Waals surface area contributed by atoms with Gasteiger partial charge in [-0.2, -0.15) is 5.10 Å². The van der Waals surface area contributed by atoms with E-state index in [-0.39, 0.29) is 0 Å². The van der Waals surface area contributed by atoms with Gasteiger partial charge in [0.15, 0.2) is 0 Å². The molecule has 0 saturated carbocycles. The first-order chi connectivity index (χ1) is 14.7. The van der Waals surface area contributed by atoms with Crippen LogP contribution in [-0.4, -0.2) is 33.8 Å². The zero-order valence-electron chi connectivity index (χ0n) is 17.4. The van der Waals surface area contributed by atoms with Crippen LogP contribution in [0.15, 0.2) is 96.1 Å². The molecule has 0 aliphatic heterocycles. The van der Waals surface area contributed by atoms with E-state index < -0.39 is 0 Å². The Bertz CT molecular complexity index is 900. The van der Waals surface area contributed by atoms with Crippen LogP contribution in [0.2, 0.25) is 0 Å². The maximum Gasteiger partial charge on any atom is 0.136 e. The molecule has 0 spiro atoms. The summed E-state index contributed by atoms with van der Waals surface area (Å²) in [4.78, 5) is 2.20. The van der Waals surface area contributed by atoms with Gasteiger partial charge in [0, 0.05) is 18.8 Å². The first kappa shape index (κ1) is 22.1. The molecule has 3 rings (SSSR count). The van der Waals surface area contributed by atoms with Crippen LogP contribution < -0.4 is 5.01 Å². The Morgan fingerprint density at radius 1 is 0.767 bits per heavy atom. The standard InChI is InChI=1S/C25H27N3S2/c1-3-27(4-2)25(29)30-20-24(21-14-8-5-9-15-21)26-28(22-16-10-6-11-17-22)23-18-12-7-13-19-23/h5-19H,3-4,20H2,1-2H3/b26-24+. The number of thiocarbonyl (C=S) groups is 1. The molecule has 0 aliphatic rings. The van der Waals surface area contributed by atoms with Gasteiger partial charge >= 0.3 is 0 Å². The lowest BCUT2D eigenvalue weighted by molar-refractivity contribution is 0.482. The Balaban J connectivity index is 1.98. The molecule has 0 atom stereocenters. The molecule has 0 bridgehead atoms. The zero-order chi connectivity index (χ0) is 21.2. The highest BCUT2D eigenvalue weighted by molar-refractivity contribution is 8.23. The van der Waals surface area contributed by atoms with Crippen molar-refractivity contribution >= 4 is 45.4 Å². The van der Waals surface area contributed by atoms with E-state index in [4.69, 9.17) is 17.3 Å². The number of hydrazone groups is 1. The van der Waals surface area contributed by atoms with Gasteiger partial charge in [0.25, 0.3) is 0 Å². The minimum Gasteiger partial charge on any atom is -0.358 e. The lowest BCUT2D eigenvalue weighted by Gasteiger charge is -2.23. The number of anilines is 2. The smallest absolute Gasteiger partial charge is 0.136 e. The van der Waals surface area contributed by atoms with E-state index in [2.05, 4.69) is 55.1 Å². The summed E-state index contributed by atoms with van der Waals surface area (Å²) < 4.78 is 0.912. The summed E-state index contributed by atoms with van der Waals surface area (Å²) in [5.74, 6) is 0.704. The molecule has 3 nitrogen and oxygen atoms in total. The fraction of sp³-hybridized carbons (Fsp3) is 0.200. The highest BCUT2D eigenvalue weighted by Gasteiger charge is 2.14. The predicted octanol–water partition coefficient (Wildman–Crippen LogP) is 6.59. The quantitative estimate of drug-likeness (QED) is 0.227. The van der Waals surface area contributed by atoms with E-state index in [9.17, 15) is 0 Å². The summed E-state index contributed by atoms with van der Waals surface area (Å²) in [5, 5.41) is 7.12. The molecule has 0 aromatic heterocycles. The van der Waals surface area contributed by atoms with Gasteiger partial charge < -0.3 is 4.90 Å². The summed E-state index contributed by atoms with van der Waals surface area (Å²) in [6, 6.07) is 30.8. The third kappa shape index (κ3) is 5.94. The van der Waals surface area contributed by atoms with Gasteiger partial charge in [0.1, 0.15) is 4.32 Å². The van der Waals surface area contributed by atoms with Gasteiger partial charge in [-0.15, -0.1) is 0 Å². The van der Waals surface area contributed by atoms with Crippen LogP contribution in [0, 0.1) is 0 Å². The topological polar surface area (TPSA) is 18.8 Å². The average molecular weight is 434 g/mol. The maximum atomic E-state index is 5.66. The van der Waals surface area contributed by atoms with E-state index in [1.165, 1.54) is 0 Å². The summed E-state index contributed by atoms with van der Waals surface area (Å²) in [6.07, 6.45) is 0. The molecule has 0 amide bonds. The van der Waals surface area contributed by atoms with Crippen molar-refractivity contribution in [2.75, 3.05) is 23.9 Å². The molecular formula is C25H27N3S2. The maximum absolute atomic E-state index is 5.66. The van der Waals surface area contributed by atoms with Crippen LogP contribution in [0.1, 0.15) is 19.4 Å². The second-order valence-electron chi connectivity index (χ2n) is 6.62. The fourth-order valence-electron chi connectivity index (χ4n) is 3.03. The van der Waals surface area contributed by atoms with Gasteiger partial charge in [-0.25, -0.2) is 5.01 Å². The van der Waals surface area contributed by atoms with E-state index in [1.807, 2.05) is 59.6 Å². The van der Waals surface area contributed by atoms with Gasteiger partial charge in [-0.3, -0.25) is 0 Å². The fourth-order valence-corrected chi connectivity index (χ4v) is 4.39. The van der Waals surface area contributed by atoms with Gasteiger partial charge in [0.2, 0.25) is 0 Å².